The number of hydrogen-bond donors (Lipinski definition) is 2. The Balaban J connectivity index is 1.44. The number of nitrogens with one attached hydrogen (secondary N) is 2. The highest BCUT2D eigenvalue weighted by atomic mass is 16.5. The van der Waals surface area contributed by atoms with Crippen molar-refractivity contribution in [2.75, 3.05) is 20.7 Å². The third-order valence-electron chi connectivity index (χ3n) is 4.10. The molecule has 0 bridgehead atoms. The Labute approximate surface area is 159 Å². The van der Waals surface area contributed by atoms with Gasteiger partial charge < -0.3 is 15.4 Å². The minimum Gasteiger partial charge on any atom is -0.481 e. The van der Waals surface area contributed by atoms with E-state index in [1.165, 1.54) is 5.56 Å². The molecule has 0 saturated heterocycles. The Morgan fingerprint density at radius 1 is 1.11 bits per heavy atom. The molecule has 0 aliphatic heterocycles. The number of methoxy groups -OCH3 is 1. The number of rotatable bonds is 7. The fourth-order valence-corrected chi connectivity index (χ4v) is 2.60. The first-order chi connectivity index (χ1) is 13.3. The summed E-state index contributed by atoms with van der Waals surface area (Å²) in [5, 5.41) is 10.8. The Kier molecular flexibility index (Phi) is 6.40. The lowest BCUT2D eigenvalue weighted by Crippen LogP contribution is -2.37. The molecule has 3 aromatic rings. The van der Waals surface area contributed by atoms with Crippen LogP contribution in [0.15, 0.2) is 66.0 Å². The maximum absolute atomic E-state index is 5.07. The zero-order chi connectivity index (χ0) is 18.9. The molecule has 7 nitrogen and oxygen atoms in total. The lowest BCUT2D eigenvalue weighted by molar-refractivity contribution is 0.397. The SMILES string of the molecule is CN=C(NCCc1ccc(-n2cccn2)cc1)NCc1ccc(OC)nc1. The third kappa shape index (κ3) is 5.31. The summed E-state index contributed by atoms with van der Waals surface area (Å²) in [4.78, 5) is 8.45. The summed E-state index contributed by atoms with van der Waals surface area (Å²) >= 11 is 0. The van der Waals surface area contributed by atoms with Gasteiger partial charge in [-0.05, 0) is 35.7 Å². The van der Waals surface area contributed by atoms with E-state index in [0.717, 1.165) is 30.2 Å². The normalized spacial score (nSPS) is 11.3. The fraction of sp³-hybridized carbons (Fsp3) is 0.250. The van der Waals surface area contributed by atoms with Crippen LogP contribution in [-0.2, 0) is 13.0 Å². The smallest absolute Gasteiger partial charge is 0.212 e. The van der Waals surface area contributed by atoms with E-state index in [-0.39, 0.29) is 0 Å². The standard InChI is InChI=1S/C20H24N6O/c1-21-20(24-15-17-6-9-19(27-2)23-14-17)22-12-10-16-4-7-18(8-5-16)26-13-3-11-25-26/h3-9,11,13-14H,10,12,15H2,1-2H3,(H2,21,22,24). The molecule has 0 amide bonds. The molecule has 3 rings (SSSR count). The van der Waals surface area contributed by atoms with Crippen molar-refractivity contribution in [2.24, 2.45) is 4.99 Å². The van der Waals surface area contributed by atoms with Crippen LogP contribution in [-0.4, -0.2) is 41.4 Å². The summed E-state index contributed by atoms with van der Waals surface area (Å²) in [6, 6.07) is 14.1. The second-order valence-electron chi connectivity index (χ2n) is 5.93. The quantitative estimate of drug-likeness (QED) is 0.496. The van der Waals surface area contributed by atoms with Crippen LogP contribution in [0.25, 0.3) is 5.69 Å². The number of aliphatic imine (C=N–C) groups is 1. The van der Waals surface area contributed by atoms with Gasteiger partial charge in [0.1, 0.15) is 0 Å². The van der Waals surface area contributed by atoms with Gasteiger partial charge in [-0.25, -0.2) is 9.67 Å². The molecule has 0 spiro atoms. The monoisotopic (exact) mass is 364 g/mol. The molecule has 0 radical (unpaired) electrons. The molecule has 0 aliphatic carbocycles. The maximum Gasteiger partial charge on any atom is 0.212 e. The van der Waals surface area contributed by atoms with Crippen LogP contribution in [0, 0.1) is 0 Å². The van der Waals surface area contributed by atoms with Gasteiger partial charge in [-0.15, -0.1) is 0 Å². The van der Waals surface area contributed by atoms with E-state index in [4.69, 9.17) is 4.74 Å². The lowest BCUT2D eigenvalue weighted by atomic mass is 10.1. The minimum atomic E-state index is 0.611. The molecule has 2 N–H and O–H groups in total. The van der Waals surface area contributed by atoms with Crippen molar-refractivity contribution in [1.29, 1.82) is 0 Å². The van der Waals surface area contributed by atoms with Gasteiger partial charge in [0.05, 0.1) is 12.8 Å². The first-order valence-electron chi connectivity index (χ1n) is 8.81. The molecular weight excluding hydrogens is 340 g/mol. The molecule has 0 aliphatic rings. The van der Waals surface area contributed by atoms with E-state index < -0.39 is 0 Å². The fourth-order valence-electron chi connectivity index (χ4n) is 2.60. The van der Waals surface area contributed by atoms with Crippen LogP contribution in [0.5, 0.6) is 5.88 Å². The van der Waals surface area contributed by atoms with Crippen LogP contribution >= 0.6 is 0 Å². The number of ether oxygens (including phenoxy) is 1. The van der Waals surface area contributed by atoms with Gasteiger partial charge in [-0.2, -0.15) is 5.10 Å². The van der Waals surface area contributed by atoms with E-state index in [2.05, 4.69) is 50.0 Å². The summed E-state index contributed by atoms with van der Waals surface area (Å²) in [5.74, 6) is 1.37. The topological polar surface area (TPSA) is 76.4 Å². The average Bonchev–Trinajstić information content (AvgIpc) is 3.26. The first-order valence-corrected chi connectivity index (χ1v) is 8.81. The number of guanidine groups is 1. The minimum absolute atomic E-state index is 0.611. The molecule has 2 aromatic heterocycles. The van der Waals surface area contributed by atoms with Crippen molar-refractivity contribution in [3.8, 4) is 11.6 Å². The average molecular weight is 364 g/mol. The van der Waals surface area contributed by atoms with Crippen LogP contribution in [0.4, 0.5) is 0 Å². The number of nitrogens with zero attached hydrogens (tertiary/aromatic N) is 4. The van der Waals surface area contributed by atoms with Gasteiger partial charge in [0.2, 0.25) is 5.88 Å². The predicted octanol–water partition coefficient (Wildman–Crippen LogP) is 2.18. The van der Waals surface area contributed by atoms with Crippen molar-refractivity contribution in [2.45, 2.75) is 13.0 Å². The van der Waals surface area contributed by atoms with E-state index in [9.17, 15) is 0 Å². The predicted molar refractivity (Wildman–Crippen MR) is 106 cm³/mol. The Hall–Kier alpha value is -3.35. The van der Waals surface area contributed by atoms with E-state index in [1.54, 1.807) is 26.6 Å². The highest BCUT2D eigenvalue weighted by molar-refractivity contribution is 5.79. The highest BCUT2D eigenvalue weighted by Gasteiger charge is 2.01. The summed E-state index contributed by atoms with van der Waals surface area (Å²) in [6.07, 6.45) is 6.41. The summed E-state index contributed by atoms with van der Waals surface area (Å²) < 4.78 is 6.92. The molecule has 1 aromatic carbocycles. The number of aromatic nitrogens is 3. The molecule has 27 heavy (non-hydrogen) atoms. The summed E-state index contributed by atoms with van der Waals surface area (Å²) in [6.45, 7) is 1.44. The van der Waals surface area contributed by atoms with Crippen molar-refractivity contribution in [3.63, 3.8) is 0 Å². The van der Waals surface area contributed by atoms with Crippen LogP contribution < -0.4 is 15.4 Å². The van der Waals surface area contributed by atoms with E-state index in [0.29, 0.717) is 12.4 Å². The van der Waals surface area contributed by atoms with Gasteiger partial charge in [0, 0.05) is 44.8 Å². The number of benzene rings is 1. The maximum atomic E-state index is 5.07. The second kappa shape index (κ2) is 9.38. The highest BCUT2D eigenvalue weighted by Crippen LogP contribution is 2.09. The molecule has 140 valence electrons. The van der Waals surface area contributed by atoms with Crippen LogP contribution in [0.1, 0.15) is 11.1 Å². The number of hydrogen-bond acceptors (Lipinski definition) is 4. The van der Waals surface area contributed by atoms with E-state index >= 15 is 0 Å². The zero-order valence-electron chi connectivity index (χ0n) is 15.6. The summed E-state index contributed by atoms with van der Waals surface area (Å²) in [7, 11) is 3.37. The molecule has 2 heterocycles. The molecule has 0 saturated carbocycles. The zero-order valence-corrected chi connectivity index (χ0v) is 15.6. The molecular formula is C20H24N6O. The number of pyridine rings is 1. The van der Waals surface area contributed by atoms with Gasteiger partial charge >= 0.3 is 0 Å². The second-order valence-corrected chi connectivity index (χ2v) is 5.93. The van der Waals surface area contributed by atoms with Crippen molar-refractivity contribution < 1.29 is 4.74 Å². The van der Waals surface area contributed by atoms with Crippen molar-refractivity contribution in [3.05, 3.63) is 72.2 Å². The van der Waals surface area contributed by atoms with Crippen molar-refractivity contribution >= 4 is 5.96 Å². The molecule has 0 fully saturated rings. The first kappa shape index (κ1) is 18.4. The van der Waals surface area contributed by atoms with Gasteiger partial charge in [-0.1, -0.05) is 18.2 Å². The molecule has 0 unspecified atom stereocenters. The van der Waals surface area contributed by atoms with E-state index in [1.807, 2.05) is 29.1 Å². The van der Waals surface area contributed by atoms with Crippen LogP contribution in [0.3, 0.4) is 0 Å². The summed E-state index contributed by atoms with van der Waals surface area (Å²) in [5.41, 5.74) is 3.38. The largest absolute Gasteiger partial charge is 0.481 e. The Morgan fingerprint density at radius 3 is 2.56 bits per heavy atom. The lowest BCUT2D eigenvalue weighted by Gasteiger charge is -2.12. The van der Waals surface area contributed by atoms with Gasteiger partial charge in [-0.3, -0.25) is 4.99 Å². The van der Waals surface area contributed by atoms with Gasteiger partial charge in [0.15, 0.2) is 5.96 Å². The Morgan fingerprint density at radius 2 is 1.93 bits per heavy atom. The van der Waals surface area contributed by atoms with Gasteiger partial charge in [0.25, 0.3) is 0 Å². The van der Waals surface area contributed by atoms with Crippen molar-refractivity contribution in [1.82, 2.24) is 25.4 Å². The van der Waals surface area contributed by atoms with Crippen LogP contribution in [0.2, 0.25) is 0 Å². The Bertz CT molecular complexity index is 841. The molecule has 0 atom stereocenters. The third-order valence-corrected chi connectivity index (χ3v) is 4.10. The molecule has 7 heteroatoms.